The number of nitrogens with zero attached hydrogens (tertiary/aromatic N) is 3. The van der Waals surface area contributed by atoms with Gasteiger partial charge in [-0.25, -0.2) is 4.39 Å². The fourth-order valence-corrected chi connectivity index (χ4v) is 4.85. The second-order valence-electron chi connectivity index (χ2n) is 9.20. The maximum absolute atomic E-state index is 13.9. The first-order valence-electron chi connectivity index (χ1n) is 11.6. The Morgan fingerprint density at radius 2 is 1.70 bits per heavy atom. The Bertz CT molecular complexity index is 1180. The van der Waals surface area contributed by atoms with Crippen LogP contribution >= 0.6 is 0 Å². The third kappa shape index (κ3) is 3.73. The average Bonchev–Trinajstić information content (AvgIpc) is 3.25. The van der Waals surface area contributed by atoms with Crippen LogP contribution in [0.2, 0.25) is 0 Å². The standard InChI is InChI=1S/C27H28FN3O2/c1-18(2)30(27(33)20-7-5-8-20)17-25(32)31-23-10-4-3-9-22(23)29-16-6-11-24(29)26(31)19-12-14-21(28)15-13-19/h3-4,6,9-16,18,20,26H,5,7-8,17H2,1-2H3. The summed E-state index contributed by atoms with van der Waals surface area (Å²) >= 11 is 0. The van der Waals surface area contributed by atoms with E-state index in [0.29, 0.717) is 0 Å². The Morgan fingerprint density at radius 1 is 1.00 bits per heavy atom. The Kier molecular flexibility index (Phi) is 5.52. The van der Waals surface area contributed by atoms with Crippen LogP contribution in [0.5, 0.6) is 0 Å². The first-order valence-corrected chi connectivity index (χ1v) is 11.6. The van der Waals surface area contributed by atoms with Crippen LogP contribution in [0.1, 0.15) is 50.4 Å². The fraction of sp³-hybridized carbons (Fsp3) is 0.333. The third-order valence-corrected chi connectivity index (χ3v) is 6.84. The van der Waals surface area contributed by atoms with Gasteiger partial charge >= 0.3 is 0 Å². The van der Waals surface area contributed by atoms with Crippen molar-refractivity contribution >= 4 is 17.5 Å². The van der Waals surface area contributed by atoms with Crippen molar-refractivity contribution in [2.24, 2.45) is 5.92 Å². The number of benzene rings is 2. The summed E-state index contributed by atoms with van der Waals surface area (Å²) in [6, 6.07) is 17.5. The highest BCUT2D eigenvalue weighted by Crippen LogP contribution is 2.42. The maximum atomic E-state index is 13.9. The molecule has 0 radical (unpaired) electrons. The molecule has 0 saturated heterocycles. The number of hydrogen-bond acceptors (Lipinski definition) is 2. The molecule has 170 valence electrons. The molecule has 5 nitrogen and oxygen atoms in total. The molecule has 0 spiro atoms. The molecule has 1 aliphatic heterocycles. The number of hydrogen-bond donors (Lipinski definition) is 0. The number of carbonyl (C=O) groups is 2. The van der Waals surface area contributed by atoms with Gasteiger partial charge in [0.05, 0.1) is 17.1 Å². The van der Waals surface area contributed by atoms with Crippen molar-refractivity contribution in [3.05, 3.63) is 83.9 Å². The van der Waals surface area contributed by atoms with Gasteiger partial charge in [0.15, 0.2) is 0 Å². The van der Waals surface area contributed by atoms with E-state index in [4.69, 9.17) is 0 Å². The predicted octanol–water partition coefficient (Wildman–Crippen LogP) is 5.09. The number of anilines is 1. The molecule has 1 fully saturated rings. The fourth-order valence-electron chi connectivity index (χ4n) is 4.85. The number of aromatic nitrogens is 1. The van der Waals surface area contributed by atoms with Crippen LogP contribution in [-0.2, 0) is 9.59 Å². The van der Waals surface area contributed by atoms with Gasteiger partial charge in [0, 0.05) is 18.2 Å². The van der Waals surface area contributed by atoms with Crippen molar-refractivity contribution in [1.29, 1.82) is 0 Å². The number of para-hydroxylation sites is 2. The van der Waals surface area contributed by atoms with Crippen molar-refractivity contribution < 1.29 is 14.0 Å². The summed E-state index contributed by atoms with van der Waals surface area (Å²) in [5.41, 5.74) is 3.43. The largest absolute Gasteiger partial charge is 0.331 e. The molecule has 3 aromatic rings. The van der Waals surface area contributed by atoms with Gasteiger partial charge in [-0.3, -0.25) is 14.5 Å². The first-order chi connectivity index (χ1) is 16.0. The molecule has 6 heteroatoms. The molecule has 1 aliphatic carbocycles. The molecule has 2 amide bonds. The summed E-state index contributed by atoms with van der Waals surface area (Å²) in [5, 5.41) is 0. The SMILES string of the molecule is CC(C)N(CC(=O)N1c2ccccc2-n2cccc2C1c1ccc(F)cc1)C(=O)C1CCC1. The molecule has 2 aromatic carbocycles. The summed E-state index contributed by atoms with van der Waals surface area (Å²) in [4.78, 5) is 30.5. The van der Waals surface area contributed by atoms with E-state index in [2.05, 4.69) is 4.57 Å². The minimum absolute atomic E-state index is 0.0136. The second-order valence-corrected chi connectivity index (χ2v) is 9.20. The maximum Gasteiger partial charge on any atom is 0.247 e. The summed E-state index contributed by atoms with van der Waals surface area (Å²) in [6.07, 6.45) is 4.84. The molecular formula is C27H28FN3O2. The highest BCUT2D eigenvalue weighted by atomic mass is 19.1. The van der Waals surface area contributed by atoms with E-state index in [9.17, 15) is 14.0 Å². The van der Waals surface area contributed by atoms with Gasteiger partial charge in [0.1, 0.15) is 18.4 Å². The second kappa shape index (κ2) is 8.50. The van der Waals surface area contributed by atoms with Gasteiger partial charge in [0.25, 0.3) is 0 Å². The van der Waals surface area contributed by atoms with Gasteiger partial charge in [-0.1, -0.05) is 30.7 Å². The Labute approximate surface area is 193 Å². The highest BCUT2D eigenvalue weighted by Gasteiger charge is 2.38. The van der Waals surface area contributed by atoms with Crippen LogP contribution in [0, 0.1) is 11.7 Å². The van der Waals surface area contributed by atoms with Crippen molar-refractivity contribution in [2.75, 3.05) is 11.4 Å². The smallest absolute Gasteiger partial charge is 0.247 e. The van der Waals surface area contributed by atoms with Crippen molar-refractivity contribution in [1.82, 2.24) is 9.47 Å². The molecule has 0 bridgehead atoms. The number of rotatable bonds is 5. The van der Waals surface area contributed by atoms with Crippen molar-refractivity contribution in [3.8, 4) is 5.69 Å². The molecule has 2 heterocycles. The van der Waals surface area contributed by atoms with Crippen LogP contribution in [-0.4, -0.2) is 33.9 Å². The zero-order valence-electron chi connectivity index (χ0n) is 18.9. The van der Waals surface area contributed by atoms with Gasteiger partial charge in [-0.15, -0.1) is 0 Å². The lowest BCUT2D eigenvalue weighted by Gasteiger charge is -2.40. The topological polar surface area (TPSA) is 45.6 Å². The van der Waals surface area contributed by atoms with Crippen LogP contribution < -0.4 is 4.90 Å². The van der Waals surface area contributed by atoms with Crippen molar-refractivity contribution in [2.45, 2.75) is 45.2 Å². The molecule has 0 N–H and O–H groups in total. The summed E-state index contributed by atoms with van der Waals surface area (Å²) in [5.74, 6) is -0.374. The molecule has 1 atom stereocenters. The number of amides is 2. The minimum Gasteiger partial charge on any atom is -0.331 e. The molecule has 1 aromatic heterocycles. The van der Waals surface area contributed by atoms with Crippen LogP contribution in [0.25, 0.3) is 5.69 Å². The molecule has 33 heavy (non-hydrogen) atoms. The van der Waals surface area contributed by atoms with E-state index in [1.807, 2.05) is 56.4 Å². The lowest BCUT2D eigenvalue weighted by Crippen LogP contribution is -2.50. The van der Waals surface area contributed by atoms with Gasteiger partial charge < -0.3 is 9.47 Å². The normalized spacial score (nSPS) is 17.3. The average molecular weight is 446 g/mol. The van der Waals surface area contributed by atoms with E-state index in [-0.39, 0.29) is 36.1 Å². The first kappa shape index (κ1) is 21.4. The predicted molar refractivity (Wildman–Crippen MR) is 126 cm³/mol. The molecule has 1 saturated carbocycles. The van der Waals surface area contributed by atoms with Crippen LogP contribution in [0.15, 0.2) is 66.9 Å². The summed E-state index contributed by atoms with van der Waals surface area (Å²) in [7, 11) is 0. The molecule has 5 rings (SSSR count). The monoisotopic (exact) mass is 445 g/mol. The molecular weight excluding hydrogens is 417 g/mol. The number of fused-ring (bicyclic) bond motifs is 3. The van der Waals surface area contributed by atoms with Gasteiger partial charge in [-0.05, 0) is 68.7 Å². The molecule has 1 unspecified atom stereocenters. The minimum atomic E-state index is -0.421. The van der Waals surface area contributed by atoms with E-state index < -0.39 is 6.04 Å². The van der Waals surface area contributed by atoms with Gasteiger partial charge in [-0.2, -0.15) is 0 Å². The lowest BCUT2D eigenvalue weighted by molar-refractivity contribution is -0.143. The van der Waals surface area contributed by atoms with Crippen LogP contribution in [0.3, 0.4) is 0 Å². The summed E-state index contributed by atoms with van der Waals surface area (Å²) in [6.45, 7) is 3.92. The Hall–Kier alpha value is -3.41. The summed E-state index contributed by atoms with van der Waals surface area (Å²) < 4.78 is 15.8. The quantitative estimate of drug-likeness (QED) is 0.549. The van der Waals surface area contributed by atoms with Crippen molar-refractivity contribution in [3.63, 3.8) is 0 Å². The van der Waals surface area contributed by atoms with E-state index in [0.717, 1.165) is 41.9 Å². The lowest BCUT2D eigenvalue weighted by atomic mass is 9.84. The Morgan fingerprint density at radius 3 is 2.33 bits per heavy atom. The van der Waals surface area contributed by atoms with E-state index >= 15 is 0 Å². The highest BCUT2D eigenvalue weighted by molar-refractivity contribution is 6.00. The van der Waals surface area contributed by atoms with Gasteiger partial charge in [0.2, 0.25) is 11.8 Å². The molecule has 2 aliphatic rings. The zero-order chi connectivity index (χ0) is 23.1. The van der Waals surface area contributed by atoms with E-state index in [1.54, 1.807) is 21.9 Å². The number of halogens is 1. The van der Waals surface area contributed by atoms with Crippen LogP contribution in [0.4, 0.5) is 10.1 Å². The Balaban J connectivity index is 1.57. The van der Waals surface area contributed by atoms with E-state index in [1.165, 1.54) is 12.1 Å². The third-order valence-electron chi connectivity index (χ3n) is 6.84. The zero-order valence-corrected chi connectivity index (χ0v) is 18.9. The number of carbonyl (C=O) groups excluding carboxylic acids is 2.